The molecular formula is C20H22FN7. The second-order valence-electron chi connectivity index (χ2n) is 7.64. The lowest BCUT2D eigenvalue weighted by Crippen LogP contribution is -2.13. The number of aromatic amines is 1. The van der Waals surface area contributed by atoms with Crippen LogP contribution < -0.4 is 10.6 Å². The van der Waals surface area contributed by atoms with E-state index in [1.54, 1.807) is 12.1 Å². The maximum absolute atomic E-state index is 13.2. The number of hydrogen-bond donors (Lipinski definition) is 3. The van der Waals surface area contributed by atoms with Gasteiger partial charge in [-0.2, -0.15) is 20.1 Å². The third-order valence-electron chi connectivity index (χ3n) is 5.17. The molecule has 1 aromatic carbocycles. The smallest absolute Gasteiger partial charge is 0.233 e. The molecule has 0 radical (unpaired) electrons. The summed E-state index contributed by atoms with van der Waals surface area (Å²) in [5.41, 5.74) is 2.12. The molecule has 2 aromatic heterocycles. The van der Waals surface area contributed by atoms with Crippen molar-refractivity contribution in [1.29, 1.82) is 0 Å². The van der Waals surface area contributed by atoms with Gasteiger partial charge in [-0.3, -0.25) is 5.10 Å². The molecular weight excluding hydrogens is 357 g/mol. The molecule has 0 saturated heterocycles. The summed E-state index contributed by atoms with van der Waals surface area (Å²) in [5.74, 6) is 3.26. The molecule has 2 aliphatic carbocycles. The van der Waals surface area contributed by atoms with Gasteiger partial charge < -0.3 is 10.6 Å². The quantitative estimate of drug-likeness (QED) is 0.563. The predicted octanol–water partition coefficient (Wildman–Crippen LogP) is 4.41. The van der Waals surface area contributed by atoms with Crippen molar-refractivity contribution in [3.8, 4) is 0 Å². The van der Waals surface area contributed by atoms with Crippen molar-refractivity contribution in [2.24, 2.45) is 0 Å². The Kier molecular flexibility index (Phi) is 4.18. The van der Waals surface area contributed by atoms with E-state index >= 15 is 0 Å². The van der Waals surface area contributed by atoms with Crippen molar-refractivity contribution in [1.82, 2.24) is 25.1 Å². The summed E-state index contributed by atoms with van der Waals surface area (Å²) >= 11 is 0. The van der Waals surface area contributed by atoms with Gasteiger partial charge in [-0.15, -0.1) is 0 Å². The molecule has 0 aliphatic heterocycles. The molecule has 7 nitrogen and oxygen atoms in total. The number of hydrogen-bond acceptors (Lipinski definition) is 6. The van der Waals surface area contributed by atoms with Crippen LogP contribution in [-0.4, -0.2) is 25.1 Å². The summed E-state index contributed by atoms with van der Waals surface area (Å²) in [6.07, 6.45) is 4.64. The van der Waals surface area contributed by atoms with Crippen molar-refractivity contribution < 1.29 is 4.39 Å². The van der Waals surface area contributed by atoms with Crippen molar-refractivity contribution in [2.45, 2.75) is 50.5 Å². The number of anilines is 3. The lowest BCUT2D eigenvalue weighted by molar-refractivity contribution is 0.626. The standard InChI is InChI=1S/C20H22FN7/c1-11(12-6-8-15(21)9-7-12)22-19-24-18(14-4-5-14)25-20(26-19)23-17-10-16(27-28-17)13-2-3-13/h6-11,13-14H,2-5H2,1H3,(H3,22,23,24,25,26,27,28)/t11-/m0/s1. The molecule has 3 aromatic rings. The van der Waals surface area contributed by atoms with E-state index in [0.29, 0.717) is 29.6 Å². The van der Waals surface area contributed by atoms with Crippen molar-refractivity contribution in [3.63, 3.8) is 0 Å². The highest BCUT2D eigenvalue weighted by molar-refractivity contribution is 5.50. The van der Waals surface area contributed by atoms with Gasteiger partial charge in [0.05, 0.1) is 6.04 Å². The van der Waals surface area contributed by atoms with Crippen molar-refractivity contribution in [2.75, 3.05) is 10.6 Å². The van der Waals surface area contributed by atoms with Crippen LogP contribution in [0.4, 0.5) is 22.1 Å². The average molecular weight is 379 g/mol. The molecule has 5 rings (SSSR count). The van der Waals surface area contributed by atoms with Gasteiger partial charge >= 0.3 is 0 Å². The van der Waals surface area contributed by atoms with E-state index in [9.17, 15) is 4.39 Å². The summed E-state index contributed by atoms with van der Waals surface area (Å²) in [7, 11) is 0. The van der Waals surface area contributed by atoms with Gasteiger partial charge in [0.2, 0.25) is 11.9 Å². The molecule has 2 aliphatic rings. The molecule has 28 heavy (non-hydrogen) atoms. The van der Waals surface area contributed by atoms with Crippen molar-refractivity contribution >= 4 is 17.7 Å². The second kappa shape index (κ2) is 6.85. The first-order chi connectivity index (χ1) is 13.6. The van der Waals surface area contributed by atoms with Crippen LogP contribution >= 0.6 is 0 Å². The maximum atomic E-state index is 13.2. The van der Waals surface area contributed by atoms with Gasteiger partial charge in [0, 0.05) is 23.6 Å². The summed E-state index contributed by atoms with van der Waals surface area (Å²) in [5, 5.41) is 13.9. The highest BCUT2D eigenvalue weighted by Gasteiger charge is 2.29. The molecule has 2 fully saturated rings. The van der Waals surface area contributed by atoms with Gasteiger partial charge in [-0.25, -0.2) is 4.39 Å². The zero-order valence-electron chi connectivity index (χ0n) is 15.6. The minimum absolute atomic E-state index is 0.0604. The fourth-order valence-corrected chi connectivity index (χ4v) is 3.18. The molecule has 2 heterocycles. The van der Waals surface area contributed by atoms with Crippen LogP contribution in [0.5, 0.6) is 0 Å². The Bertz CT molecular complexity index is 976. The zero-order chi connectivity index (χ0) is 19.1. The van der Waals surface area contributed by atoms with Gasteiger partial charge in [0.1, 0.15) is 11.6 Å². The number of rotatable bonds is 7. The van der Waals surface area contributed by atoms with E-state index in [-0.39, 0.29) is 11.9 Å². The van der Waals surface area contributed by atoms with Crippen LogP contribution in [0.3, 0.4) is 0 Å². The SMILES string of the molecule is C[C@H](Nc1nc(Nc2cc(C3CC3)[nH]n2)nc(C2CC2)n1)c1ccc(F)cc1. The number of halogens is 1. The molecule has 0 bridgehead atoms. The monoisotopic (exact) mass is 379 g/mol. The number of nitrogens with zero attached hydrogens (tertiary/aromatic N) is 4. The highest BCUT2D eigenvalue weighted by atomic mass is 19.1. The van der Waals surface area contributed by atoms with Crippen LogP contribution in [0.1, 0.15) is 67.6 Å². The lowest BCUT2D eigenvalue weighted by Gasteiger charge is -2.15. The first kappa shape index (κ1) is 17.1. The number of aromatic nitrogens is 5. The summed E-state index contributed by atoms with van der Waals surface area (Å²) in [4.78, 5) is 13.7. The summed E-state index contributed by atoms with van der Waals surface area (Å²) < 4.78 is 13.2. The first-order valence-electron chi connectivity index (χ1n) is 9.74. The summed E-state index contributed by atoms with van der Waals surface area (Å²) in [6.45, 7) is 2.00. The Labute approximate surface area is 162 Å². The minimum Gasteiger partial charge on any atom is -0.348 e. The third kappa shape index (κ3) is 3.81. The topological polar surface area (TPSA) is 91.4 Å². The Balaban J connectivity index is 1.36. The second-order valence-corrected chi connectivity index (χ2v) is 7.64. The van der Waals surface area contributed by atoms with E-state index < -0.39 is 0 Å². The Morgan fingerprint density at radius 1 is 1.00 bits per heavy atom. The van der Waals surface area contributed by atoms with Gasteiger partial charge in [0.25, 0.3) is 0 Å². The number of benzene rings is 1. The molecule has 2 saturated carbocycles. The van der Waals surface area contributed by atoms with E-state index in [2.05, 4.69) is 35.8 Å². The predicted molar refractivity (Wildman–Crippen MR) is 104 cm³/mol. The van der Waals surface area contributed by atoms with E-state index in [1.807, 2.05) is 13.0 Å². The fourth-order valence-electron chi connectivity index (χ4n) is 3.18. The van der Waals surface area contributed by atoms with E-state index in [1.165, 1.54) is 25.0 Å². The number of H-pyrrole nitrogens is 1. The Morgan fingerprint density at radius 2 is 1.71 bits per heavy atom. The van der Waals surface area contributed by atoms with Gasteiger partial charge in [-0.05, 0) is 50.3 Å². The van der Waals surface area contributed by atoms with Crippen LogP contribution in [0.15, 0.2) is 30.3 Å². The molecule has 0 unspecified atom stereocenters. The molecule has 1 atom stereocenters. The summed E-state index contributed by atoms with van der Waals surface area (Å²) in [6, 6.07) is 8.40. The number of nitrogens with one attached hydrogen (secondary N) is 3. The first-order valence-corrected chi connectivity index (χ1v) is 9.74. The zero-order valence-corrected chi connectivity index (χ0v) is 15.6. The van der Waals surface area contributed by atoms with Crippen LogP contribution in [0, 0.1) is 5.82 Å². The average Bonchev–Trinajstić information content (AvgIpc) is 3.60. The minimum atomic E-state index is -0.247. The van der Waals surface area contributed by atoms with E-state index in [4.69, 9.17) is 0 Å². The normalized spacial score (nSPS) is 17.4. The van der Waals surface area contributed by atoms with E-state index in [0.717, 1.165) is 29.9 Å². The van der Waals surface area contributed by atoms with Crippen LogP contribution in [0.25, 0.3) is 0 Å². The third-order valence-corrected chi connectivity index (χ3v) is 5.17. The fraction of sp³-hybridized carbons (Fsp3) is 0.400. The Hall–Kier alpha value is -3.03. The Morgan fingerprint density at radius 3 is 2.43 bits per heavy atom. The molecule has 3 N–H and O–H groups in total. The lowest BCUT2D eigenvalue weighted by atomic mass is 10.1. The van der Waals surface area contributed by atoms with Gasteiger partial charge in [0.15, 0.2) is 5.82 Å². The molecule has 0 spiro atoms. The highest BCUT2D eigenvalue weighted by Crippen LogP contribution is 2.40. The maximum Gasteiger partial charge on any atom is 0.233 e. The molecule has 8 heteroatoms. The molecule has 0 amide bonds. The van der Waals surface area contributed by atoms with Crippen molar-refractivity contribution in [3.05, 3.63) is 53.2 Å². The molecule has 144 valence electrons. The largest absolute Gasteiger partial charge is 0.348 e. The van der Waals surface area contributed by atoms with Crippen LogP contribution in [0.2, 0.25) is 0 Å². The van der Waals surface area contributed by atoms with Gasteiger partial charge in [-0.1, -0.05) is 12.1 Å². The van der Waals surface area contributed by atoms with Crippen LogP contribution in [-0.2, 0) is 0 Å².